The lowest BCUT2D eigenvalue weighted by Crippen LogP contribution is -2.31. The predicted octanol–water partition coefficient (Wildman–Crippen LogP) is 0.980. The minimum atomic E-state index is -1.15. The largest absolute Gasteiger partial charge is 0.481 e. The van der Waals surface area contributed by atoms with Crippen molar-refractivity contribution in [1.29, 1.82) is 0 Å². The molecule has 7 heteroatoms. The quantitative estimate of drug-likeness (QED) is 0.549. The molecule has 0 aliphatic carbocycles. The summed E-state index contributed by atoms with van der Waals surface area (Å²) in [6.45, 7) is 3.91. The van der Waals surface area contributed by atoms with Gasteiger partial charge in [0.25, 0.3) is 0 Å². The van der Waals surface area contributed by atoms with Crippen molar-refractivity contribution in [1.82, 2.24) is 0 Å². The number of Topliss-reactive ketones (excluding diaryl/α,β-unsaturated/α-hetero) is 1. The Morgan fingerprint density at radius 1 is 1.16 bits per heavy atom. The Labute approximate surface area is 116 Å². The molecule has 0 fully saturated rings. The third kappa shape index (κ3) is 8.61. The van der Waals surface area contributed by atoms with Crippen molar-refractivity contribution in [2.24, 2.45) is 11.7 Å². The topological polar surface area (TPSA) is 118 Å². The summed E-state index contributed by atoms with van der Waals surface area (Å²) in [7, 11) is 0. The van der Waals surface area contributed by atoms with Gasteiger partial charge in [-0.25, -0.2) is 0 Å². The molecule has 0 saturated carbocycles. The average molecular weight is 291 g/mol. The van der Waals surface area contributed by atoms with E-state index in [4.69, 9.17) is 15.9 Å². The maximum Gasteiger partial charge on any atom is 0.320 e. The van der Waals surface area contributed by atoms with Gasteiger partial charge in [-0.1, -0.05) is 13.8 Å². The number of carbonyl (C=O) groups excluding carboxylic acids is 1. The molecule has 0 aromatic heterocycles. The Morgan fingerprint density at radius 3 is 2.16 bits per heavy atom. The molecular formula is C12H21NO5S. The smallest absolute Gasteiger partial charge is 0.320 e. The van der Waals surface area contributed by atoms with Crippen LogP contribution >= 0.6 is 11.8 Å². The number of ketones is 1. The number of carboxylic acid groups (broad SMARTS) is 2. The summed E-state index contributed by atoms with van der Waals surface area (Å²) >= 11 is 1.49. The van der Waals surface area contributed by atoms with Crippen molar-refractivity contribution in [3.8, 4) is 0 Å². The molecule has 0 amide bonds. The molecule has 2 atom stereocenters. The van der Waals surface area contributed by atoms with Crippen LogP contribution in [0.15, 0.2) is 0 Å². The molecule has 19 heavy (non-hydrogen) atoms. The molecule has 2 unspecified atom stereocenters. The molecule has 0 saturated heterocycles. The highest BCUT2D eigenvalue weighted by atomic mass is 32.2. The van der Waals surface area contributed by atoms with Crippen molar-refractivity contribution < 1.29 is 24.6 Å². The second-order valence-electron chi connectivity index (χ2n) is 4.64. The van der Waals surface area contributed by atoms with Crippen LogP contribution in [0.4, 0.5) is 0 Å². The third-order valence-corrected chi connectivity index (χ3v) is 3.77. The van der Waals surface area contributed by atoms with Crippen LogP contribution in [0.3, 0.4) is 0 Å². The van der Waals surface area contributed by atoms with Crippen LogP contribution in [0.25, 0.3) is 0 Å². The van der Waals surface area contributed by atoms with Crippen LogP contribution in [-0.4, -0.2) is 45.0 Å². The first-order valence-electron chi connectivity index (χ1n) is 6.08. The minimum absolute atomic E-state index is 0.00356. The van der Waals surface area contributed by atoms with Crippen molar-refractivity contribution in [3.63, 3.8) is 0 Å². The van der Waals surface area contributed by atoms with Crippen molar-refractivity contribution in [2.75, 3.05) is 5.75 Å². The van der Waals surface area contributed by atoms with Crippen LogP contribution in [0.5, 0.6) is 0 Å². The summed E-state index contributed by atoms with van der Waals surface area (Å²) in [6.07, 6.45) is -0.0250. The van der Waals surface area contributed by atoms with Gasteiger partial charge < -0.3 is 15.9 Å². The summed E-state index contributed by atoms with van der Waals surface area (Å²) < 4.78 is 0. The summed E-state index contributed by atoms with van der Waals surface area (Å²) in [6, 6.07) is -1.07. The third-order valence-electron chi connectivity index (χ3n) is 2.51. The summed E-state index contributed by atoms with van der Waals surface area (Å²) in [4.78, 5) is 33.1. The molecule has 0 rings (SSSR count). The van der Waals surface area contributed by atoms with Crippen LogP contribution in [0, 0.1) is 5.92 Å². The lowest BCUT2D eigenvalue weighted by atomic mass is 10.0. The van der Waals surface area contributed by atoms with Gasteiger partial charge >= 0.3 is 11.9 Å². The second-order valence-corrected chi connectivity index (χ2v) is 6.25. The number of aliphatic carboxylic acids is 2. The van der Waals surface area contributed by atoms with Crippen LogP contribution < -0.4 is 5.73 Å². The maximum absolute atomic E-state index is 11.6. The Hall–Kier alpha value is -1.08. The zero-order chi connectivity index (χ0) is 15.0. The number of rotatable bonds is 10. The van der Waals surface area contributed by atoms with E-state index in [-0.39, 0.29) is 25.0 Å². The van der Waals surface area contributed by atoms with E-state index in [2.05, 4.69) is 0 Å². The first-order valence-corrected chi connectivity index (χ1v) is 7.13. The fourth-order valence-corrected chi connectivity index (χ4v) is 2.22. The molecule has 0 heterocycles. The second kappa shape index (κ2) is 8.92. The summed E-state index contributed by atoms with van der Waals surface area (Å²) in [5, 5.41) is 17.9. The van der Waals surface area contributed by atoms with Gasteiger partial charge in [0.05, 0.1) is 5.92 Å². The van der Waals surface area contributed by atoms with E-state index >= 15 is 0 Å². The molecule has 0 spiro atoms. The molecule has 0 aliphatic heterocycles. The minimum Gasteiger partial charge on any atom is -0.481 e. The molecule has 0 aliphatic rings. The number of thioether (sulfide) groups is 1. The normalized spacial score (nSPS) is 14.1. The molecular weight excluding hydrogens is 270 g/mol. The van der Waals surface area contributed by atoms with Gasteiger partial charge in [-0.3, -0.25) is 14.4 Å². The number of carbonyl (C=O) groups is 3. The standard InChI is InChI=1S/C12H21NO5S/c1-7(2)19-6-8(11(15)16)5-9(14)3-4-10(13)12(17)18/h7-8,10H,3-6,13H2,1-2H3,(H,15,16)(H,17,18). The highest BCUT2D eigenvalue weighted by molar-refractivity contribution is 7.99. The molecule has 0 aromatic rings. The fourth-order valence-electron chi connectivity index (χ4n) is 1.34. The monoisotopic (exact) mass is 291 g/mol. The van der Waals surface area contributed by atoms with Gasteiger partial charge in [0.1, 0.15) is 11.8 Å². The van der Waals surface area contributed by atoms with Gasteiger partial charge in [0.2, 0.25) is 0 Å². The SMILES string of the molecule is CC(C)SCC(CC(=O)CCC(N)C(=O)O)C(=O)O. The van der Waals surface area contributed by atoms with E-state index < -0.39 is 23.9 Å². The number of carboxylic acids is 2. The zero-order valence-corrected chi connectivity index (χ0v) is 12.0. The Morgan fingerprint density at radius 2 is 1.74 bits per heavy atom. The van der Waals surface area contributed by atoms with Gasteiger partial charge in [-0.05, 0) is 11.7 Å². The van der Waals surface area contributed by atoms with E-state index in [0.717, 1.165) is 0 Å². The van der Waals surface area contributed by atoms with Gasteiger partial charge in [0.15, 0.2) is 0 Å². The summed E-state index contributed by atoms with van der Waals surface area (Å²) in [5.74, 6) is -2.75. The Kier molecular flexibility index (Phi) is 8.42. The van der Waals surface area contributed by atoms with E-state index in [1.807, 2.05) is 13.8 Å². The van der Waals surface area contributed by atoms with E-state index in [1.54, 1.807) is 0 Å². The van der Waals surface area contributed by atoms with Crippen LogP contribution in [0.1, 0.15) is 33.1 Å². The van der Waals surface area contributed by atoms with E-state index in [1.165, 1.54) is 11.8 Å². The van der Waals surface area contributed by atoms with Crippen molar-refractivity contribution in [2.45, 2.75) is 44.4 Å². The lowest BCUT2D eigenvalue weighted by Gasteiger charge is -2.13. The first kappa shape index (κ1) is 17.9. The van der Waals surface area contributed by atoms with E-state index in [0.29, 0.717) is 11.0 Å². The number of nitrogens with two attached hydrogens (primary N) is 1. The summed E-state index contributed by atoms with van der Waals surface area (Å²) in [5.41, 5.74) is 5.28. The molecule has 110 valence electrons. The van der Waals surface area contributed by atoms with Gasteiger partial charge in [0, 0.05) is 18.6 Å². The Bertz CT molecular complexity index is 332. The van der Waals surface area contributed by atoms with Crippen molar-refractivity contribution >= 4 is 29.5 Å². The molecule has 0 radical (unpaired) electrons. The highest BCUT2D eigenvalue weighted by Crippen LogP contribution is 2.18. The number of hydrogen-bond acceptors (Lipinski definition) is 5. The average Bonchev–Trinajstić information content (AvgIpc) is 2.30. The van der Waals surface area contributed by atoms with E-state index in [9.17, 15) is 14.4 Å². The first-order chi connectivity index (χ1) is 8.73. The molecule has 6 nitrogen and oxygen atoms in total. The fraction of sp³-hybridized carbons (Fsp3) is 0.750. The molecule has 0 bridgehead atoms. The Balaban J connectivity index is 4.17. The zero-order valence-electron chi connectivity index (χ0n) is 11.2. The van der Waals surface area contributed by atoms with Crippen LogP contribution in [0.2, 0.25) is 0 Å². The molecule has 4 N–H and O–H groups in total. The maximum atomic E-state index is 11.6. The predicted molar refractivity (Wildman–Crippen MR) is 73.2 cm³/mol. The van der Waals surface area contributed by atoms with Crippen LogP contribution in [-0.2, 0) is 14.4 Å². The van der Waals surface area contributed by atoms with Gasteiger partial charge in [-0.2, -0.15) is 11.8 Å². The lowest BCUT2D eigenvalue weighted by molar-refractivity contribution is -0.143. The highest BCUT2D eigenvalue weighted by Gasteiger charge is 2.22. The van der Waals surface area contributed by atoms with Crippen molar-refractivity contribution in [3.05, 3.63) is 0 Å². The number of hydrogen-bond donors (Lipinski definition) is 3. The van der Waals surface area contributed by atoms with Gasteiger partial charge in [-0.15, -0.1) is 0 Å². The molecule has 0 aromatic carbocycles.